The van der Waals surface area contributed by atoms with E-state index in [4.69, 9.17) is 33.5 Å². The molecule has 1 aliphatic rings. The Hall–Kier alpha value is -3.24. The lowest BCUT2D eigenvalue weighted by atomic mass is 10.1. The summed E-state index contributed by atoms with van der Waals surface area (Å²) in [6.45, 7) is 16.2. The van der Waals surface area contributed by atoms with Crippen molar-refractivity contribution in [2.24, 2.45) is 0 Å². The Labute approximate surface area is 269 Å². The lowest BCUT2D eigenvalue weighted by molar-refractivity contribution is -0.0365. The van der Waals surface area contributed by atoms with Gasteiger partial charge < -0.3 is 23.4 Å². The largest absolute Gasteiger partial charge is 0.543 e. The Morgan fingerprint density at radius 1 is 0.978 bits per heavy atom. The van der Waals surface area contributed by atoms with Crippen LogP contribution in [-0.4, -0.2) is 55.6 Å². The highest BCUT2D eigenvalue weighted by Crippen LogP contribution is 2.39. The minimum Gasteiger partial charge on any atom is -0.543 e. The number of fused-ring (bicyclic) bond motifs is 1. The highest BCUT2D eigenvalue weighted by Gasteiger charge is 2.39. The molecular weight excluding hydrogens is 582 g/mol. The fraction of sp³-hybridized carbons (Fsp3) is 0.500. The van der Waals surface area contributed by atoms with Gasteiger partial charge in [0.25, 0.3) is 0 Å². The zero-order valence-corrected chi connectivity index (χ0v) is 28.8. The van der Waals surface area contributed by atoms with Gasteiger partial charge in [-0.3, -0.25) is 0 Å². The first-order valence-corrected chi connectivity index (χ1v) is 19.2. The average Bonchev–Trinajstić information content (AvgIpc) is 3.41. The molecule has 0 aliphatic carbocycles. The first kappa shape index (κ1) is 33.1. The van der Waals surface area contributed by atoms with Gasteiger partial charge in [-0.25, -0.2) is 9.67 Å². The highest BCUT2D eigenvalue weighted by atomic mass is 28.4. The van der Waals surface area contributed by atoms with Gasteiger partial charge in [0.2, 0.25) is 14.2 Å². The third kappa shape index (κ3) is 8.73. The van der Waals surface area contributed by atoms with Crippen molar-refractivity contribution in [2.75, 3.05) is 26.4 Å². The molecule has 2 atom stereocenters. The van der Waals surface area contributed by atoms with Gasteiger partial charge in [-0.1, -0.05) is 57.2 Å². The van der Waals surface area contributed by atoms with Crippen LogP contribution in [0.5, 0.6) is 11.6 Å². The maximum atomic E-state index is 6.68. The third-order valence-corrected chi connectivity index (χ3v) is 13.1. The molecule has 1 unspecified atom stereocenters. The molecule has 0 saturated carbocycles. The number of hydrogen-bond acceptors (Lipinski definition) is 7. The van der Waals surface area contributed by atoms with Crippen LogP contribution in [-0.2, 0) is 20.8 Å². The summed E-state index contributed by atoms with van der Waals surface area (Å²) in [4.78, 5) is 4.85. The quantitative estimate of drug-likeness (QED) is 0.102. The number of aromatic nitrogens is 3. The Morgan fingerprint density at radius 3 is 2.56 bits per heavy atom. The van der Waals surface area contributed by atoms with E-state index in [1.54, 1.807) is 0 Å². The summed E-state index contributed by atoms with van der Waals surface area (Å²) in [5.41, 5.74) is 3.74. The number of pyridine rings is 1. The van der Waals surface area contributed by atoms with Gasteiger partial charge in [0, 0.05) is 24.7 Å². The Balaban J connectivity index is 1.23. The minimum atomic E-state index is -2.02. The van der Waals surface area contributed by atoms with Crippen molar-refractivity contribution in [3.8, 4) is 23.0 Å². The normalized spacial score (nSPS) is 16.5. The number of rotatable bonds is 14. The molecule has 4 aromatic rings. The monoisotopic (exact) mass is 631 g/mol. The van der Waals surface area contributed by atoms with E-state index in [2.05, 4.69) is 71.1 Å². The number of ether oxygens (including phenoxy) is 4. The topological polar surface area (TPSA) is 76.9 Å². The van der Waals surface area contributed by atoms with Crippen molar-refractivity contribution in [1.82, 2.24) is 14.8 Å². The standard InChI is InChI=1S/C36H49N3O5Si/c1-27(43-26-28-13-8-7-9-14-28)20-22-40-23-24-41-33-16-12-15-31(37-33)35-30-25-29(44-45(5,6)36(2,3)4)18-19-32(30)39(38-35)34-17-10-11-21-42-34/h7-9,12-16,18-19,25,27,34H,10-11,17,20-24,26H2,1-6H3/t27-,34?/m1/s1. The van der Waals surface area contributed by atoms with Crippen molar-refractivity contribution < 1.29 is 23.4 Å². The van der Waals surface area contributed by atoms with Gasteiger partial charge in [0.1, 0.15) is 18.1 Å². The predicted octanol–water partition coefficient (Wildman–Crippen LogP) is 8.57. The molecule has 0 N–H and O–H groups in total. The summed E-state index contributed by atoms with van der Waals surface area (Å²) < 4.78 is 32.6. The van der Waals surface area contributed by atoms with E-state index in [-0.39, 0.29) is 17.4 Å². The molecule has 1 fully saturated rings. The van der Waals surface area contributed by atoms with E-state index in [9.17, 15) is 0 Å². The summed E-state index contributed by atoms with van der Waals surface area (Å²) in [6.07, 6.45) is 3.99. The summed E-state index contributed by atoms with van der Waals surface area (Å²) in [6, 6.07) is 22.3. The van der Waals surface area contributed by atoms with Crippen molar-refractivity contribution in [3.05, 3.63) is 72.3 Å². The molecule has 0 amide bonds. The SMILES string of the molecule is C[C@H](CCOCCOc1cccc(-c2nn(C3CCCCO3)c3ccc(O[Si](C)(C)C(C)(C)C)cc23)n1)OCc1ccccc1. The third-order valence-electron chi connectivity index (χ3n) is 8.78. The van der Waals surface area contributed by atoms with E-state index in [0.717, 1.165) is 60.3 Å². The van der Waals surface area contributed by atoms with E-state index < -0.39 is 8.32 Å². The van der Waals surface area contributed by atoms with Gasteiger partial charge in [-0.2, -0.15) is 5.10 Å². The molecule has 9 heteroatoms. The van der Waals surface area contributed by atoms with Crippen LogP contribution in [0.4, 0.5) is 0 Å². The average molecular weight is 632 g/mol. The maximum Gasteiger partial charge on any atom is 0.250 e. The molecule has 45 heavy (non-hydrogen) atoms. The van der Waals surface area contributed by atoms with Crippen LogP contribution < -0.4 is 9.16 Å². The van der Waals surface area contributed by atoms with Gasteiger partial charge in [-0.05, 0) is 80.6 Å². The number of hydrogen-bond donors (Lipinski definition) is 0. The van der Waals surface area contributed by atoms with Crippen LogP contribution in [0, 0.1) is 0 Å². The Kier molecular flexibility index (Phi) is 11.0. The molecule has 1 aliphatic heterocycles. The molecule has 1 saturated heterocycles. The van der Waals surface area contributed by atoms with Gasteiger partial charge in [0.15, 0.2) is 6.23 Å². The summed E-state index contributed by atoms with van der Waals surface area (Å²) in [5, 5.41) is 6.17. The smallest absolute Gasteiger partial charge is 0.250 e. The van der Waals surface area contributed by atoms with E-state index >= 15 is 0 Å². The van der Waals surface area contributed by atoms with Crippen molar-refractivity contribution >= 4 is 19.2 Å². The van der Waals surface area contributed by atoms with Crippen molar-refractivity contribution in [3.63, 3.8) is 0 Å². The molecule has 2 aromatic heterocycles. The number of benzene rings is 2. The first-order chi connectivity index (χ1) is 21.6. The molecule has 0 bridgehead atoms. The van der Waals surface area contributed by atoms with Crippen LogP contribution >= 0.6 is 0 Å². The van der Waals surface area contributed by atoms with E-state index in [0.29, 0.717) is 32.3 Å². The number of nitrogens with zero attached hydrogens (tertiary/aromatic N) is 3. The molecule has 0 spiro atoms. The molecule has 0 radical (unpaired) electrons. The van der Waals surface area contributed by atoms with Crippen LogP contribution in [0.3, 0.4) is 0 Å². The second-order valence-corrected chi connectivity index (χ2v) is 18.1. The fourth-order valence-corrected chi connectivity index (χ4v) is 6.06. The molecule has 242 valence electrons. The lowest BCUT2D eigenvalue weighted by Crippen LogP contribution is -2.43. The zero-order chi connectivity index (χ0) is 31.9. The zero-order valence-electron chi connectivity index (χ0n) is 27.8. The Bertz CT molecular complexity index is 1510. The van der Waals surface area contributed by atoms with Crippen LogP contribution in [0.1, 0.15) is 65.2 Å². The maximum absolute atomic E-state index is 6.68. The first-order valence-electron chi connectivity index (χ1n) is 16.3. The van der Waals surface area contributed by atoms with Crippen LogP contribution in [0.15, 0.2) is 66.7 Å². The van der Waals surface area contributed by atoms with Crippen LogP contribution in [0.25, 0.3) is 22.3 Å². The second kappa shape index (κ2) is 14.9. The lowest BCUT2D eigenvalue weighted by Gasteiger charge is -2.36. The van der Waals surface area contributed by atoms with Gasteiger partial charge in [0.05, 0.1) is 30.5 Å². The van der Waals surface area contributed by atoms with Gasteiger partial charge in [-0.15, -0.1) is 0 Å². The van der Waals surface area contributed by atoms with Crippen molar-refractivity contribution in [1.29, 1.82) is 0 Å². The summed E-state index contributed by atoms with van der Waals surface area (Å²) in [7, 11) is -2.02. The van der Waals surface area contributed by atoms with Crippen molar-refractivity contribution in [2.45, 2.75) is 90.4 Å². The summed E-state index contributed by atoms with van der Waals surface area (Å²) in [5.74, 6) is 1.41. The molecule has 8 nitrogen and oxygen atoms in total. The minimum absolute atomic E-state index is 0.0924. The van der Waals surface area contributed by atoms with E-state index in [1.807, 2.05) is 41.1 Å². The molecule has 2 aromatic carbocycles. The second-order valence-electron chi connectivity index (χ2n) is 13.4. The molecule has 5 rings (SSSR count). The predicted molar refractivity (Wildman–Crippen MR) is 181 cm³/mol. The molecule has 3 heterocycles. The van der Waals surface area contributed by atoms with Crippen LogP contribution in [0.2, 0.25) is 18.1 Å². The Morgan fingerprint density at radius 2 is 1.80 bits per heavy atom. The highest BCUT2D eigenvalue weighted by molar-refractivity contribution is 6.74. The molecular formula is C36H49N3O5Si. The van der Waals surface area contributed by atoms with E-state index in [1.165, 1.54) is 5.56 Å². The fourth-order valence-electron chi connectivity index (χ4n) is 5.04. The summed E-state index contributed by atoms with van der Waals surface area (Å²) >= 11 is 0. The van der Waals surface area contributed by atoms with Gasteiger partial charge >= 0.3 is 0 Å².